The van der Waals surface area contributed by atoms with E-state index in [1.165, 1.54) is 17.7 Å². The first-order valence-corrected chi connectivity index (χ1v) is 6.16. The largest absolute Gasteiger partial charge is 0.489 e. The lowest BCUT2D eigenvalue weighted by Gasteiger charge is -2.11. The summed E-state index contributed by atoms with van der Waals surface area (Å²) in [6.07, 6.45) is 0.943. The van der Waals surface area contributed by atoms with Crippen molar-refractivity contribution in [2.45, 2.75) is 26.9 Å². The average Bonchev–Trinajstić information content (AvgIpc) is 2.38. The van der Waals surface area contributed by atoms with Gasteiger partial charge in [-0.05, 0) is 48.2 Å². The van der Waals surface area contributed by atoms with Crippen LogP contribution in [0.15, 0.2) is 42.5 Å². The number of hydrogen-bond acceptors (Lipinski definition) is 1. The Labute approximate surface area is 107 Å². The summed E-state index contributed by atoms with van der Waals surface area (Å²) in [7, 11) is 0. The van der Waals surface area contributed by atoms with Gasteiger partial charge in [-0.2, -0.15) is 0 Å². The lowest BCUT2D eigenvalue weighted by molar-refractivity contribution is 0.302. The molecule has 0 unspecified atom stereocenters. The molecule has 0 amide bonds. The van der Waals surface area contributed by atoms with E-state index in [4.69, 9.17) is 4.74 Å². The highest BCUT2D eigenvalue weighted by Crippen LogP contribution is 2.20. The number of hydrogen-bond donors (Lipinski definition) is 0. The van der Waals surface area contributed by atoms with Crippen molar-refractivity contribution in [2.75, 3.05) is 0 Å². The second kappa shape index (κ2) is 5.67. The summed E-state index contributed by atoms with van der Waals surface area (Å²) in [5.74, 6) is 0.703. The first-order valence-electron chi connectivity index (χ1n) is 6.16. The number of para-hydroxylation sites is 1. The van der Waals surface area contributed by atoms with Gasteiger partial charge in [0.2, 0.25) is 0 Å². The molecule has 0 fully saturated rings. The van der Waals surface area contributed by atoms with Gasteiger partial charge in [0.05, 0.1) is 0 Å². The summed E-state index contributed by atoms with van der Waals surface area (Å²) in [6, 6.07) is 12.8. The molecule has 2 aromatic rings. The third kappa shape index (κ3) is 2.89. The van der Waals surface area contributed by atoms with Crippen molar-refractivity contribution < 1.29 is 9.13 Å². The molecule has 2 rings (SSSR count). The van der Waals surface area contributed by atoms with E-state index in [1.54, 1.807) is 6.07 Å². The molecule has 0 saturated heterocycles. The van der Waals surface area contributed by atoms with Crippen LogP contribution in [0.4, 0.5) is 4.39 Å². The highest BCUT2D eigenvalue weighted by Gasteiger charge is 2.04. The highest BCUT2D eigenvalue weighted by molar-refractivity contribution is 5.34. The van der Waals surface area contributed by atoms with Crippen LogP contribution >= 0.6 is 0 Å². The predicted molar refractivity (Wildman–Crippen MR) is 71.3 cm³/mol. The van der Waals surface area contributed by atoms with Crippen molar-refractivity contribution in [2.24, 2.45) is 0 Å². The molecule has 1 nitrogen and oxygen atoms in total. The van der Waals surface area contributed by atoms with Crippen LogP contribution in [-0.2, 0) is 13.0 Å². The van der Waals surface area contributed by atoms with Gasteiger partial charge in [0.15, 0.2) is 0 Å². The van der Waals surface area contributed by atoms with E-state index in [1.807, 2.05) is 25.1 Å². The molecule has 0 aliphatic carbocycles. The van der Waals surface area contributed by atoms with Crippen molar-refractivity contribution in [1.82, 2.24) is 0 Å². The Hall–Kier alpha value is -1.83. The number of halogens is 1. The van der Waals surface area contributed by atoms with Gasteiger partial charge in [0.1, 0.15) is 18.2 Å². The smallest absolute Gasteiger partial charge is 0.123 e. The van der Waals surface area contributed by atoms with Crippen LogP contribution in [0.1, 0.15) is 23.6 Å². The Kier molecular flexibility index (Phi) is 3.98. The minimum Gasteiger partial charge on any atom is -0.489 e. The monoisotopic (exact) mass is 244 g/mol. The van der Waals surface area contributed by atoms with Crippen LogP contribution < -0.4 is 4.74 Å². The van der Waals surface area contributed by atoms with Crippen LogP contribution in [0.3, 0.4) is 0 Å². The van der Waals surface area contributed by atoms with Gasteiger partial charge in [-0.15, -0.1) is 0 Å². The summed E-state index contributed by atoms with van der Waals surface area (Å²) in [4.78, 5) is 0. The topological polar surface area (TPSA) is 9.23 Å². The molecule has 0 heterocycles. The quantitative estimate of drug-likeness (QED) is 0.780. The number of ether oxygens (including phenoxy) is 1. The number of aryl methyl sites for hydroxylation is 2. The summed E-state index contributed by atoms with van der Waals surface area (Å²) >= 11 is 0. The Balaban J connectivity index is 2.11. The third-order valence-electron chi connectivity index (χ3n) is 3.04. The van der Waals surface area contributed by atoms with E-state index in [0.29, 0.717) is 6.61 Å². The van der Waals surface area contributed by atoms with Crippen molar-refractivity contribution in [3.05, 3.63) is 65.0 Å². The van der Waals surface area contributed by atoms with Crippen molar-refractivity contribution in [3.63, 3.8) is 0 Å². The lowest BCUT2D eigenvalue weighted by Crippen LogP contribution is -2.00. The molecule has 0 radical (unpaired) electrons. The molecular formula is C16H17FO. The van der Waals surface area contributed by atoms with Crippen LogP contribution in [0, 0.1) is 12.7 Å². The zero-order valence-corrected chi connectivity index (χ0v) is 10.7. The van der Waals surface area contributed by atoms with Crippen molar-refractivity contribution in [1.29, 1.82) is 0 Å². The maximum absolute atomic E-state index is 13.0. The molecule has 0 atom stereocenters. The molecule has 94 valence electrons. The van der Waals surface area contributed by atoms with Crippen molar-refractivity contribution >= 4 is 0 Å². The molecule has 0 saturated carbocycles. The van der Waals surface area contributed by atoms with Crippen LogP contribution in [0.25, 0.3) is 0 Å². The fourth-order valence-corrected chi connectivity index (χ4v) is 1.91. The first kappa shape index (κ1) is 12.6. The molecule has 0 N–H and O–H groups in total. The molecule has 2 aromatic carbocycles. The lowest BCUT2D eigenvalue weighted by atomic mass is 10.1. The molecule has 18 heavy (non-hydrogen) atoms. The van der Waals surface area contributed by atoms with Crippen molar-refractivity contribution in [3.8, 4) is 5.75 Å². The van der Waals surface area contributed by atoms with Gasteiger partial charge < -0.3 is 4.74 Å². The Morgan fingerprint density at radius 2 is 1.83 bits per heavy atom. The normalized spacial score (nSPS) is 10.4. The Bertz CT molecular complexity index is 534. The van der Waals surface area contributed by atoms with Gasteiger partial charge in [0, 0.05) is 0 Å². The molecule has 0 aliphatic rings. The molecule has 0 aliphatic heterocycles. The van der Waals surface area contributed by atoms with E-state index < -0.39 is 0 Å². The molecule has 0 aromatic heterocycles. The SMILES string of the molecule is CCc1ccccc1OCc1ccc(F)cc1C. The Morgan fingerprint density at radius 1 is 1.06 bits per heavy atom. The minimum absolute atomic E-state index is 0.204. The number of rotatable bonds is 4. The van der Waals surface area contributed by atoms with Gasteiger partial charge in [0.25, 0.3) is 0 Å². The van der Waals surface area contributed by atoms with Crippen LogP contribution in [0.5, 0.6) is 5.75 Å². The second-order valence-corrected chi connectivity index (χ2v) is 4.32. The van der Waals surface area contributed by atoms with E-state index in [2.05, 4.69) is 13.0 Å². The fraction of sp³-hybridized carbons (Fsp3) is 0.250. The third-order valence-corrected chi connectivity index (χ3v) is 3.04. The maximum atomic E-state index is 13.0. The average molecular weight is 244 g/mol. The van der Waals surface area contributed by atoms with Crippen LogP contribution in [0.2, 0.25) is 0 Å². The van der Waals surface area contributed by atoms with E-state index >= 15 is 0 Å². The first-order chi connectivity index (χ1) is 8.70. The summed E-state index contributed by atoms with van der Waals surface area (Å²) in [5, 5.41) is 0. The van der Waals surface area contributed by atoms with Gasteiger partial charge in [-0.25, -0.2) is 4.39 Å². The molecular weight excluding hydrogens is 227 g/mol. The molecule has 0 bridgehead atoms. The number of benzene rings is 2. The second-order valence-electron chi connectivity index (χ2n) is 4.32. The molecule has 2 heteroatoms. The van der Waals surface area contributed by atoms with Gasteiger partial charge in [-0.3, -0.25) is 0 Å². The summed E-state index contributed by atoms with van der Waals surface area (Å²) in [6.45, 7) is 4.47. The van der Waals surface area contributed by atoms with Gasteiger partial charge in [-0.1, -0.05) is 31.2 Å². The summed E-state index contributed by atoms with van der Waals surface area (Å²) in [5.41, 5.74) is 3.13. The predicted octanol–water partition coefficient (Wildman–Crippen LogP) is 4.28. The minimum atomic E-state index is -0.204. The van der Waals surface area contributed by atoms with E-state index in [0.717, 1.165) is 23.3 Å². The van der Waals surface area contributed by atoms with E-state index in [9.17, 15) is 4.39 Å². The summed E-state index contributed by atoms with van der Waals surface area (Å²) < 4.78 is 18.8. The van der Waals surface area contributed by atoms with Crippen LogP contribution in [-0.4, -0.2) is 0 Å². The molecule has 0 spiro atoms. The highest BCUT2D eigenvalue weighted by atomic mass is 19.1. The fourth-order valence-electron chi connectivity index (χ4n) is 1.91. The van der Waals surface area contributed by atoms with Gasteiger partial charge >= 0.3 is 0 Å². The maximum Gasteiger partial charge on any atom is 0.123 e. The zero-order chi connectivity index (χ0) is 13.0. The van der Waals surface area contributed by atoms with E-state index in [-0.39, 0.29) is 5.82 Å². The standard InChI is InChI=1S/C16H17FO/c1-3-13-6-4-5-7-16(13)18-11-14-8-9-15(17)10-12(14)2/h4-10H,3,11H2,1-2H3. The zero-order valence-electron chi connectivity index (χ0n) is 10.7. The Morgan fingerprint density at radius 3 is 2.56 bits per heavy atom.